The molecule has 1 saturated heterocycles. The first-order valence-electron chi connectivity index (χ1n) is 7.69. The van der Waals surface area contributed by atoms with E-state index in [0.29, 0.717) is 11.4 Å². The number of nitrogen functional groups attached to an aromatic ring is 1. The number of anilines is 1. The van der Waals surface area contributed by atoms with E-state index in [2.05, 4.69) is 15.2 Å². The number of rotatable bonds is 2. The molecule has 1 aliphatic rings. The first-order chi connectivity index (χ1) is 11.2. The zero-order valence-corrected chi connectivity index (χ0v) is 12.6. The highest BCUT2D eigenvalue weighted by Gasteiger charge is 2.31. The Hall–Kier alpha value is -2.89. The molecule has 1 atom stereocenters. The van der Waals surface area contributed by atoms with Crippen molar-refractivity contribution in [3.63, 3.8) is 0 Å². The minimum atomic E-state index is 0.0145. The summed E-state index contributed by atoms with van der Waals surface area (Å²) in [7, 11) is 0. The molecule has 6 nitrogen and oxygen atoms in total. The smallest absolute Gasteiger partial charge is 0.254 e. The van der Waals surface area contributed by atoms with Crippen LogP contribution in [0.1, 0.15) is 34.9 Å². The number of likely N-dealkylation sites (tertiary alicyclic amines) is 1. The Morgan fingerprint density at radius 3 is 3.04 bits per heavy atom. The number of aromatic amines is 1. The summed E-state index contributed by atoms with van der Waals surface area (Å²) in [4.78, 5) is 19.3. The lowest BCUT2D eigenvalue weighted by Gasteiger charge is -2.24. The van der Waals surface area contributed by atoms with E-state index in [4.69, 9.17) is 5.73 Å². The number of benzene rings is 1. The van der Waals surface area contributed by atoms with Crippen molar-refractivity contribution in [3.05, 3.63) is 53.9 Å². The summed E-state index contributed by atoms with van der Waals surface area (Å²) < 4.78 is 0. The summed E-state index contributed by atoms with van der Waals surface area (Å²) in [6, 6.07) is 11.3. The Balaban J connectivity index is 1.68. The van der Waals surface area contributed by atoms with Crippen LogP contribution in [-0.4, -0.2) is 32.5 Å². The second-order valence-electron chi connectivity index (χ2n) is 5.78. The Morgan fingerprint density at radius 2 is 2.22 bits per heavy atom. The summed E-state index contributed by atoms with van der Waals surface area (Å²) in [5, 5.41) is 7.60. The SMILES string of the molecule is Nc1n[nH]c2ccc(C(=O)N3CCCC3c3ccccn3)cc12. The van der Waals surface area contributed by atoms with Crippen LogP contribution in [-0.2, 0) is 0 Å². The number of carbonyl (C=O) groups is 1. The third-order valence-corrected chi connectivity index (χ3v) is 4.38. The van der Waals surface area contributed by atoms with Gasteiger partial charge in [0, 0.05) is 23.7 Å². The number of hydrogen-bond acceptors (Lipinski definition) is 4. The van der Waals surface area contributed by atoms with Crippen molar-refractivity contribution >= 4 is 22.6 Å². The summed E-state index contributed by atoms with van der Waals surface area (Å²) >= 11 is 0. The van der Waals surface area contributed by atoms with Crippen molar-refractivity contribution in [2.24, 2.45) is 0 Å². The lowest BCUT2D eigenvalue weighted by Crippen LogP contribution is -2.30. The molecule has 1 amide bonds. The van der Waals surface area contributed by atoms with Crippen LogP contribution < -0.4 is 5.73 Å². The first kappa shape index (κ1) is 13.8. The number of nitrogens with zero attached hydrogens (tertiary/aromatic N) is 3. The molecule has 1 aliphatic heterocycles. The van der Waals surface area contributed by atoms with Gasteiger partial charge in [0.25, 0.3) is 5.91 Å². The standard InChI is InChI=1S/C17H17N5O/c18-16-12-10-11(6-7-13(12)20-21-16)17(23)22-9-3-5-15(22)14-4-1-2-8-19-14/h1-2,4,6-8,10,15H,3,5,9H2,(H3,18,20,21). The van der Waals surface area contributed by atoms with E-state index in [1.807, 2.05) is 41.3 Å². The summed E-state index contributed by atoms with van der Waals surface area (Å²) in [6.07, 6.45) is 3.70. The van der Waals surface area contributed by atoms with Gasteiger partial charge in [-0.05, 0) is 43.2 Å². The van der Waals surface area contributed by atoms with Gasteiger partial charge in [0.2, 0.25) is 0 Å². The van der Waals surface area contributed by atoms with E-state index in [0.717, 1.165) is 36.0 Å². The van der Waals surface area contributed by atoms with E-state index in [1.165, 1.54) is 0 Å². The molecule has 0 saturated carbocycles. The van der Waals surface area contributed by atoms with Gasteiger partial charge < -0.3 is 10.6 Å². The molecule has 0 spiro atoms. The van der Waals surface area contributed by atoms with Crippen molar-refractivity contribution in [2.45, 2.75) is 18.9 Å². The predicted octanol–water partition coefficient (Wildman–Crippen LogP) is 2.52. The highest BCUT2D eigenvalue weighted by Crippen LogP contribution is 2.32. The number of nitrogens with one attached hydrogen (secondary N) is 1. The molecule has 6 heteroatoms. The molecule has 1 fully saturated rings. The fourth-order valence-corrected chi connectivity index (χ4v) is 3.22. The molecule has 4 rings (SSSR count). The average molecular weight is 307 g/mol. The van der Waals surface area contributed by atoms with Gasteiger partial charge in [0.15, 0.2) is 5.82 Å². The van der Waals surface area contributed by atoms with Crippen LogP contribution in [0.5, 0.6) is 0 Å². The number of H-pyrrole nitrogens is 1. The quantitative estimate of drug-likeness (QED) is 0.761. The lowest BCUT2D eigenvalue weighted by molar-refractivity contribution is 0.0733. The monoisotopic (exact) mass is 307 g/mol. The topological polar surface area (TPSA) is 87.9 Å². The van der Waals surface area contributed by atoms with Gasteiger partial charge in [-0.2, -0.15) is 5.10 Å². The molecule has 0 bridgehead atoms. The number of carbonyl (C=O) groups excluding carboxylic acids is 1. The van der Waals surface area contributed by atoms with Crippen LogP contribution in [0.25, 0.3) is 10.9 Å². The molecule has 0 radical (unpaired) electrons. The van der Waals surface area contributed by atoms with Crippen molar-refractivity contribution in [3.8, 4) is 0 Å². The van der Waals surface area contributed by atoms with Crippen molar-refractivity contribution in [1.29, 1.82) is 0 Å². The molecule has 2 aromatic heterocycles. The van der Waals surface area contributed by atoms with Crippen LogP contribution in [0.2, 0.25) is 0 Å². The maximum atomic E-state index is 12.9. The van der Waals surface area contributed by atoms with Gasteiger partial charge in [-0.25, -0.2) is 0 Å². The molecule has 3 aromatic rings. The van der Waals surface area contributed by atoms with E-state index >= 15 is 0 Å². The number of nitrogens with two attached hydrogens (primary N) is 1. The van der Waals surface area contributed by atoms with Crippen molar-refractivity contribution in [1.82, 2.24) is 20.1 Å². The predicted molar refractivity (Wildman–Crippen MR) is 87.8 cm³/mol. The van der Waals surface area contributed by atoms with Crippen LogP contribution in [0.3, 0.4) is 0 Å². The molecule has 116 valence electrons. The minimum absolute atomic E-state index is 0.0145. The highest BCUT2D eigenvalue weighted by molar-refractivity contribution is 6.00. The lowest BCUT2D eigenvalue weighted by atomic mass is 10.1. The molecule has 1 unspecified atom stereocenters. The molecule has 1 aromatic carbocycles. The summed E-state index contributed by atoms with van der Waals surface area (Å²) in [6.45, 7) is 0.749. The molecule has 0 aliphatic carbocycles. The second kappa shape index (κ2) is 5.39. The second-order valence-corrected chi connectivity index (χ2v) is 5.78. The maximum absolute atomic E-state index is 12.9. The number of fused-ring (bicyclic) bond motifs is 1. The summed E-state index contributed by atoms with van der Waals surface area (Å²) in [5.41, 5.74) is 8.25. The fraction of sp³-hybridized carbons (Fsp3) is 0.235. The van der Waals surface area contributed by atoms with E-state index in [-0.39, 0.29) is 11.9 Å². The minimum Gasteiger partial charge on any atom is -0.382 e. The zero-order valence-electron chi connectivity index (χ0n) is 12.6. The number of aromatic nitrogens is 3. The van der Waals surface area contributed by atoms with E-state index in [1.54, 1.807) is 6.20 Å². The third-order valence-electron chi connectivity index (χ3n) is 4.38. The first-order valence-corrected chi connectivity index (χ1v) is 7.69. The molecular weight excluding hydrogens is 290 g/mol. The largest absolute Gasteiger partial charge is 0.382 e. The van der Waals surface area contributed by atoms with Gasteiger partial charge in [-0.1, -0.05) is 6.07 Å². The van der Waals surface area contributed by atoms with Crippen LogP contribution >= 0.6 is 0 Å². The maximum Gasteiger partial charge on any atom is 0.254 e. The van der Waals surface area contributed by atoms with Crippen LogP contribution in [0.4, 0.5) is 5.82 Å². The van der Waals surface area contributed by atoms with Crippen LogP contribution in [0, 0.1) is 0 Å². The number of amides is 1. The Morgan fingerprint density at radius 1 is 1.30 bits per heavy atom. The summed E-state index contributed by atoms with van der Waals surface area (Å²) in [5.74, 6) is 0.429. The Kier molecular flexibility index (Phi) is 3.22. The number of pyridine rings is 1. The Labute approximate surface area is 133 Å². The van der Waals surface area contributed by atoms with Gasteiger partial charge in [-0.15, -0.1) is 0 Å². The van der Waals surface area contributed by atoms with Gasteiger partial charge >= 0.3 is 0 Å². The average Bonchev–Trinajstić information content (AvgIpc) is 3.22. The van der Waals surface area contributed by atoms with Crippen LogP contribution in [0.15, 0.2) is 42.6 Å². The molecule has 3 heterocycles. The van der Waals surface area contributed by atoms with E-state index < -0.39 is 0 Å². The number of hydrogen-bond donors (Lipinski definition) is 2. The van der Waals surface area contributed by atoms with Crippen molar-refractivity contribution in [2.75, 3.05) is 12.3 Å². The Bertz CT molecular complexity index is 858. The molecule has 3 N–H and O–H groups in total. The third kappa shape index (κ3) is 2.32. The van der Waals surface area contributed by atoms with Gasteiger partial charge in [0.05, 0.1) is 17.3 Å². The van der Waals surface area contributed by atoms with Gasteiger partial charge in [-0.3, -0.25) is 14.9 Å². The van der Waals surface area contributed by atoms with E-state index in [9.17, 15) is 4.79 Å². The van der Waals surface area contributed by atoms with Gasteiger partial charge in [0.1, 0.15) is 0 Å². The van der Waals surface area contributed by atoms with Crippen molar-refractivity contribution < 1.29 is 4.79 Å². The molecular formula is C17H17N5O. The highest BCUT2D eigenvalue weighted by atomic mass is 16.2. The zero-order chi connectivity index (χ0) is 15.8. The normalized spacial score (nSPS) is 17.7. The molecule has 23 heavy (non-hydrogen) atoms. The fourth-order valence-electron chi connectivity index (χ4n) is 3.22.